The molecule has 1 aromatic rings. The van der Waals surface area contributed by atoms with E-state index in [9.17, 15) is 21.9 Å². The second-order valence-electron chi connectivity index (χ2n) is 3.73. The van der Waals surface area contributed by atoms with Crippen LogP contribution in [0.3, 0.4) is 0 Å². The van der Waals surface area contributed by atoms with Crippen molar-refractivity contribution < 1.29 is 21.9 Å². The van der Waals surface area contributed by atoms with Gasteiger partial charge in [-0.15, -0.1) is 0 Å². The Morgan fingerprint density at radius 2 is 1.61 bits per heavy atom. The molecular weight excluding hydrogens is 280 g/mol. The minimum Gasteiger partial charge on any atom is -0.236 e. The zero-order valence-electron chi connectivity index (χ0n) is 9.58. The Bertz CT molecular complexity index is 664. The normalized spacial score (nSPS) is 12.7. The summed E-state index contributed by atoms with van der Waals surface area (Å²) < 4.78 is 45.7. The average Bonchev–Trinajstić information content (AvgIpc) is 2.13. The van der Waals surface area contributed by atoms with E-state index >= 15 is 0 Å². The van der Waals surface area contributed by atoms with Crippen molar-refractivity contribution in [3.05, 3.63) is 23.3 Å². The first-order valence-corrected chi connectivity index (χ1v) is 7.94. The van der Waals surface area contributed by atoms with Crippen LogP contribution in [0, 0.1) is 6.92 Å². The molecule has 1 rings (SSSR count). The van der Waals surface area contributed by atoms with Crippen molar-refractivity contribution in [3.63, 3.8) is 0 Å². The number of aryl methyl sites for hydroxylation is 1. The lowest BCUT2D eigenvalue weighted by molar-refractivity contribution is 0.196. The van der Waals surface area contributed by atoms with E-state index in [1.165, 1.54) is 19.1 Å². The molecule has 9 heteroatoms. The lowest BCUT2D eigenvalue weighted by Crippen LogP contribution is -2.21. The van der Waals surface area contributed by atoms with Crippen molar-refractivity contribution in [1.82, 2.24) is 0 Å². The molecule has 0 bridgehead atoms. The summed E-state index contributed by atoms with van der Waals surface area (Å²) in [4.78, 5) is -0.724. The van der Waals surface area contributed by atoms with E-state index in [1.807, 2.05) is 0 Å². The standard InChI is InChI=1S/C9H13N2O5S2/c1-6-2-3-8(17(10,13)14)7(4-5-12)9(6)18(11,15)16/h2-3H,4-5H2,1H3,(H2,10,13,14)(H2,11,15,16). The minimum absolute atomic E-state index is 0.144. The SMILES string of the molecule is Cc1ccc(S(N)(=O)=O)c(CC[O])c1S(N)(=O)=O. The van der Waals surface area contributed by atoms with Gasteiger partial charge in [-0.05, 0) is 24.1 Å². The number of nitrogens with two attached hydrogens (primary N) is 2. The lowest BCUT2D eigenvalue weighted by atomic mass is 10.1. The monoisotopic (exact) mass is 293 g/mol. The summed E-state index contributed by atoms with van der Waals surface area (Å²) in [6.07, 6.45) is -0.279. The molecule has 0 saturated heterocycles. The molecule has 0 atom stereocenters. The molecule has 0 aromatic heterocycles. The largest absolute Gasteiger partial charge is 0.238 e. The van der Waals surface area contributed by atoms with Crippen molar-refractivity contribution in [1.29, 1.82) is 0 Å². The molecular formula is C9H13N2O5S2. The maximum atomic E-state index is 11.5. The van der Waals surface area contributed by atoms with Gasteiger partial charge in [-0.1, -0.05) is 6.07 Å². The molecule has 1 aromatic carbocycles. The summed E-state index contributed by atoms with van der Waals surface area (Å²) in [5, 5.41) is 20.7. The van der Waals surface area contributed by atoms with E-state index in [0.717, 1.165) is 0 Å². The van der Waals surface area contributed by atoms with Crippen LogP contribution < -0.4 is 10.3 Å². The van der Waals surface area contributed by atoms with Gasteiger partial charge in [0.25, 0.3) is 0 Å². The molecule has 0 unspecified atom stereocenters. The number of rotatable bonds is 4. The minimum atomic E-state index is -4.13. The molecule has 0 aliphatic rings. The Balaban J connectivity index is 3.81. The second-order valence-corrected chi connectivity index (χ2v) is 6.76. The van der Waals surface area contributed by atoms with Gasteiger partial charge in [-0.25, -0.2) is 32.2 Å². The number of hydrogen-bond acceptors (Lipinski definition) is 4. The van der Waals surface area contributed by atoms with Gasteiger partial charge in [0.2, 0.25) is 20.0 Å². The van der Waals surface area contributed by atoms with Crippen molar-refractivity contribution in [2.75, 3.05) is 6.61 Å². The Morgan fingerprint density at radius 3 is 2.00 bits per heavy atom. The highest BCUT2D eigenvalue weighted by Crippen LogP contribution is 2.26. The fraction of sp³-hybridized carbons (Fsp3) is 0.333. The van der Waals surface area contributed by atoms with E-state index < -0.39 is 26.7 Å². The third-order valence-corrected chi connectivity index (χ3v) is 4.49. The molecule has 4 N–H and O–H groups in total. The Hall–Kier alpha value is -1.00. The first-order valence-electron chi connectivity index (χ1n) is 4.85. The molecule has 0 heterocycles. The van der Waals surface area contributed by atoms with Gasteiger partial charge in [-0.3, -0.25) is 0 Å². The van der Waals surface area contributed by atoms with Crippen molar-refractivity contribution >= 4 is 20.0 Å². The quantitative estimate of drug-likeness (QED) is 0.754. The number of sulfonamides is 2. The average molecular weight is 293 g/mol. The van der Waals surface area contributed by atoms with Crippen molar-refractivity contribution in [3.8, 4) is 0 Å². The Labute approximate surface area is 106 Å². The summed E-state index contributed by atoms with van der Waals surface area (Å²) in [7, 11) is -8.24. The fourth-order valence-corrected chi connectivity index (χ4v) is 3.67. The topological polar surface area (TPSA) is 140 Å². The number of primary sulfonamides is 2. The molecule has 0 aliphatic heterocycles. The molecule has 18 heavy (non-hydrogen) atoms. The van der Waals surface area contributed by atoms with E-state index in [1.54, 1.807) is 0 Å². The Kier molecular flexibility index (Phi) is 4.13. The summed E-state index contributed by atoms with van der Waals surface area (Å²) in [5.41, 5.74) is 0.128. The zero-order chi connectivity index (χ0) is 14.1. The van der Waals surface area contributed by atoms with E-state index in [0.29, 0.717) is 0 Å². The third kappa shape index (κ3) is 3.06. The van der Waals surface area contributed by atoms with Gasteiger partial charge in [-0.2, -0.15) is 0 Å². The zero-order valence-corrected chi connectivity index (χ0v) is 11.2. The molecule has 0 amide bonds. The first-order chi connectivity index (χ1) is 8.09. The highest BCUT2D eigenvalue weighted by atomic mass is 32.2. The first kappa shape index (κ1) is 15.1. The van der Waals surface area contributed by atoms with E-state index in [2.05, 4.69) is 0 Å². The van der Waals surface area contributed by atoms with Gasteiger partial charge in [0.05, 0.1) is 16.4 Å². The van der Waals surface area contributed by atoms with E-state index in [4.69, 9.17) is 10.3 Å². The van der Waals surface area contributed by atoms with Crippen LogP contribution in [0.15, 0.2) is 21.9 Å². The fourth-order valence-electron chi connectivity index (χ4n) is 1.73. The summed E-state index contributed by atoms with van der Waals surface area (Å²) in [5.74, 6) is 0. The summed E-state index contributed by atoms with van der Waals surface area (Å²) in [6.45, 7) is 0.787. The van der Waals surface area contributed by atoms with Crippen LogP contribution >= 0.6 is 0 Å². The van der Waals surface area contributed by atoms with Crippen LogP contribution in [0.4, 0.5) is 0 Å². The van der Waals surface area contributed by atoms with E-state index in [-0.39, 0.29) is 27.3 Å². The van der Waals surface area contributed by atoms with Gasteiger partial charge >= 0.3 is 0 Å². The molecule has 7 nitrogen and oxygen atoms in total. The van der Waals surface area contributed by atoms with Crippen LogP contribution in [-0.2, 0) is 31.6 Å². The van der Waals surface area contributed by atoms with Crippen LogP contribution in [0.2, 0.25) is 0 Å². The van der Waals surface area contributed by atoms with Gasteiger partial charge in [0.15, 0.2) is 0 Å². The smallest absolute Gasteiger partial charge is 0.236 e. The highest BCUT2D eigenvalue weighted by Gasteiger charge is 2.24. The second kappa shape index (κ2) is 4.94. The van der Waals surface area contributed by atoms with Gasteiger partial charge < -0.3 is 0 Å². The van der Waals surface area contributed by atoms with Gasteiger partial charge in [0, 0.05) is 6.42 Å². The molecule has 101 valence electrons. The Morgan fingerprint density at radius 1 is 1.06 bits per heavy atom. The molecule has 0 saturated carbocycles. The van der Waals surface area contributed by atoms with Crippen LogP contribution in [0.25, 0.3) is 0 Å². The summed E-state index contributed by atoms with van der Waals surface area (Å²) in [6, 6.07) is 2.46. The maximum Gasteiger partial charge on any atom is 0.238 e. The molecule has 0 spiro atoms. The lowest BCUT2D eigenvalue weighted by Gasteiger charge is -2.13. The predicted molar refractivity (Wildman–Crippen MR) is 63.2 cm³/mol. The molecule has 0 fully saturated rings. The number of benzene rings is 1. The van der Waals surface area contributed by atoms with Crippen LogP contribution in [-0.4, -0.2) is 23.4 Å². The number of hydrogen-bond donors (Lipinski definition) is 2. The molecule has 0 aliphatic carbocycles. The third-order valence-electron chi connectivity index (χ3n) is 2.36. The van der Waals surface area contributed by atoms with Crippen molar-refractivity contribution in [2.45, 2.75) is 23.1 Å². The summed E-state index contributed by atoms with van der Waals surface area (Å²) >= 11 is 0. The predicted octanol–water partition coefficient (Wildman–Crippen LogP) is -0.737. The van der Waals surface area contributed by atoms with Gasteiger partial charge in [0.1, 0.15) is 0 Å². The van der Waals surface area contributed by atoms with Crippen LogP contribution in [0.5, 0.6) is 0 Å². The molecule has 1 radical (unpaired) electrons. The maximum absolute atomic E-state index is 11.5. The highest BCUT2D eigenvalue weighted by molar-refractivity contribution is 7.90. The van der Waals surface area contributed by atoms with Crippen LogP contribution in [0.1, 0.15) is 11.1 Å². The van der Waals surface area contributed by atoms with Crippen molar-refractivity contribution in [2.24, 2.45) is 10.3 Å².